The van der Waals surface area contributed by atoms with Crippen molar-refractivity contribution in [1.82, 2.24) is 4.90 Å². The highest BCUT2D eigenvalue weighted by Gasteiger charge is 2.41. The van der Waals surface area contributed by atoms with Crippen molar-refractivity contribution in [3.8, 4) is 5.75 Å². The van der Waals surface area contributed by atoms with Crippen LogP contribution < -0.4 is 10.1 Å². The van der Waals surface area contributed by atoms with Crippen molar-refractivity contribution >= 4 is 11.6 Å². The Morgan fingerprint density at radius 2 is 1.93 bits per heavy atom. The number of nitrogens with one attached hydrogen (secondary N) is 1. The highest BCUT2D eigenvalue weighted by molar-refractivity contribution is 5.96. The van der Waals surface area contributed by atoms with Gasteiger partial charge in [-0.2, -0.15) is 0 Å². The second kappa shape index (κ2) is 7.92. The van der Waals surface area contributed by atoms with E-state index < -0.39 is 0 Å². The van der Waals surface area contributed by atoms with E-state index >= 15 is 0 Å². The summed E-state index contributed by atoms with van der Waals surface area (Å²) in [6.45, 7) is 2.96. The molecule has 1 aliphatic heterocycles. The molecule has 1 heterocycles. The first-order chi connectivity index (χ1) is 13.5. The number of likely N-dealkylation sites (tertiary alicyclic amines) is 1. The molecule has 1 N–H and O–H groups in total. The topological polar surface area (TPSA) is 41.6 Å². The molecule has 0 spiro atoms. The number of carbonyl (C=O) groups is 1. The fraction of sp³-hybridized carbons (Fsp3) is 0.435. The summed E-state index contributed by atoms with van der Waals surface area (Å²) in [7, 11) is 1.62. The maximum atomic E-state index is 13.1. The Balaban J connectivity index is 1.39. The summed E-state index contributed by atoms with van der Waals surface area (Å²) < 4.78 is 18.5. The monoisotopic (exact) mass is 382 g/mol. The molecule has 2 aromatic carbocycles. The lowest BCUT2D eigenvalue weighted by molar-refractivity contribution is -0.121. The summed E-state index contributed by atoms with van der Waals surface area (Å²) in [5, 5.41) is 3.08. The predicted molar refractivity (Wildman–Crippen MR) is 108 cm³/mol. The Morgan fingerprint density at radius 3 is 2.64 bits per heavy atom. The molecule has 0 radical (unpaired) electrons. The normalized spacial score (nSPS) is 24.6. The van der Waals surface area contributed by atoms with Crippen LogP contribution in [0.4, 0.5) is 10.1 Å². The van der Waals surface area contributed by atoms with Gasteiger partial charge in [0.25, 0.3) is 0 Å². The van der Waals surface area contributed by atoms with Crippen LogP contribution in [-0.2, 0) is 4.79 Å². The molecule has 0 aromatic heterocycles. The number of ether oxygens (including phenoxy) is 1. The van der Waals surface area contributed by atoms with Crippen LogP contribution in [0.2, 0.25) is 0 Å². The molecule has 1 atom stereocenters. The number of nitrogens with zero attached hydrogens (tertiary/aromatic N) is 1. The number of amides is 1. The number of methoxy groups -OCH3 is 1. The van der Waals surface area contributed by atoms with Gasteiger partial charge >= 0.3 is 0 Å². The van der Waals surface area contributed by atoms with Gasteiger partial charge in [0.1, 0.15) is 11.6 Å². The summed E-state index contributed by atoms with van der Waals surface area (Å²) >= 11 is 0. The highest BCUT2D eigenvalue weighted by atomic mass is 19.1. The maximum absolute atomic E-state index is 13.1. The molecule has 1 aliphatic carbocycles. The Labute approximate surface area is 165 Å². The lowest BCUT2D eigenvalue weighted by Crippen LogP contribution is -2.50. The standard InChI is InChI=1S/C23H27FN2O2/c1-15-5-10-22(28-2)20(12-15)25-23(27)21-4-3-11-26(21)19-13-17(14-19)16-6-8-18(24)9-7-16/h5-10,12,17,19,21H,3-4,11,13-14H2,1-2H3,(H,25,27)/t17?,19?,21-/m0/s1. The minimum absolute atomic E-state index is 0.0478. The summed E-state index contributed by atoms with van der Waals surface area (Å²) in [5.74, 6) is 1.00. The molecular formula is C23H27FN2O2. The molecular weight excluding hydrogens is 355 g/mol. The first-order valence-electron chi connectivity index (χ1n) is 10.0. The zero-order valence-corrected chi connectivity index (χ0v) is 16.5. The van der Waals surface area contributed by atoms with E-state index in [4.69, 9.17) is 4.74 Å². The summed E-state index contributed by atoms with van der Waals surface area (Å²) in [4.78, 5) is 15.3. The molecule has 1 amide bonds. The lowest BCUT2D eigenvalue weighted by Gasteiger charge is -2.43. The summed E-state index contributed by atoms with van der Waals surface area (Å²) in [6.07, 6.45) is 3.99. The molecule has 28 heavy (non-hydrogen) atoms. The Morgan fingerprint density at radius 1 is 1.18 bits per heavy atom. The van der Waals surface area contributed by atoms with Gasteiger partial charge in [-0.25, -0.2) is 4.39 Å². The van der Waals surface area contributed by atoms with Crippen LogP contribution in [-0.4, -0.2) is 36.5 Å². The van der Waals surface area contributed by atoms with Gasteiger partial charge in [-0.1, -0.05) is 18.2 Å². The molecule has 0 unspecified atom stereocenters. The van der Waals surface area contributed by atoms with E-state index in [1.54, 1.807) is 7.11 Å². The maximum Gasteiger partial charge on any atom is 0.241 e. The van der Waals surface area contributed by atoms with Crippen molar-refractivity contribution in [1.29, 1.82) is 0 Å². The van der Waals surface area contributed by atoms with E-state index in [0.717, 1.165) is 43.5 Å². The third-order valence-corrected chi connectivity index (χ3v) is 6.13. The van der Waals surface area contributed by atoms with Crippen LogP contribution in [0, 0.1) is 12.7 Å². The number of hydrogen-bond donors (Lipinski definition) is 1. The Bertz CT molecular complexity index is 846. The van der Waals surface area contributed by atoms with Gasteiger partial charge in [0.15, 0.2) is 0 Å². The van der Waals surface area contributed by atoms with Crippen molar-refractivity contribution in [3.05, 3.63) is 59.4 Å². The Hall–Kier alpha value is -2.40. The minimum atomic E-state index is -0.192. The number of anilines is 1. The summed E-state index contributed by atoms with van der Waals surface area (Å²) in [5.41, 5.74) is 3.01. The number of carbonyl (C=O) groups excluding carboxylic acids is 1. The fourth-order valence-electron chi connectivity index (χ4n) is 4.51. The second-order valence-corrected chi connectivity index (χ2v) is 7.96. The van der Waals surface area contributed by atoms with Crippen LogP contribution in [0.1, 0.15) is 42.7 Å². The zero-order valence-electron chi connectivity index (χ0n) is 16.5. The molecule has 1 saturated heterocycles. The smallest absolute Gasteiger partial charge is 0.241 e. The van der Waals surface area contributed by atoms with Crippen molar-refractivity contribution in [2.24, 2.45) is 0 Å². The van der Waals surface area contributed by atoms with Gasteiger partial charge in [0.2, 0.25) is 5.91 Å². The van der Waals surface area contributed by atoms with E-state index in [2.05, 4.69) is 10.2 Å². The third kappa shape index (κ3) is 3.76. The van der Waals surface area contributed by atoms with Gasteiger partial charge in [-0.15, -0.1) is 0 Å². The average molecular weight is 382 g/mol. The van der Waals surface area contributed by atoms with Crippen LogP contribution in [0.15, 0.2) is 42.5 Å². The van der Waals surface area contributed by atoms with Gasteiger partial charge in [-0.3, -0.25) is 9.69 Å². The summed E-state index contributed by atoms with van der Waals surface area (Å²) in [6, 6.07) is 13.0. The van der Waals surface area contributed by atoms with Gasteiger partial charge < -0.3 is 10.1 Å². The molecule has 5 heteroatoms. The van der Waals surface area contributed by atoms with E-state index in [1.165, 1.54) is 17.7 Å². The lowest BCUT2D eigenvalue weighted by atomic mass is 9.75. The van der Waals surface area contributed by atoms with E-state index in [9.17, 15) is 9.18 Å². The van der Waals surface area contributed by atoms with Gasteiger partial charge in [0.05, 0.1) is 18.8 Å². The molecule has 2 aliphatic rings. The minimum Gasteiger partial charge on any atom is -0.495 e. The van der Waals surface area contributed by atoms with Crippen LogP contribution >= 0.6 is 0 Å². The first kappa shape index (κ1) is 18.9. The van der Waals surface area contributed by atoms with Gasteiger partial charge in [-0.05, 0) is 80.5 Å². The number of halogens is 1. The quantitative estimate of drug-likeness (QED) is 0.828. The first-order valence-corrected chi connectivity index (χ1v) is 10.0. The van der Waals surface area contributed by atoms with Crippen molar-refractivity contribution in [2.75, 3.05) is 19.0 Å². The largest absolute Gasteiger partial charge is 0.495 e. The Kier molecular flexibility index (Phi) is 5.36. The molecule has 2 aromatic rings. The molecule has 0 bridgehead atoms. The number of aryl methyl sites for hydroxylation is 1. The van der Waals surface area contributed by atoms with Crippen molar-refractivity contribution in [3.63, 3.8) is 0 Å². The number of rotatable bonds is 5. The molecule has 4 rings (SSSR count). The molecule has 4 nitrogen and oxygen atoms in total. The van der Waals surface area contributed by atoms with Crippen molar-refractivity contribution < 1.29 is 13.9 Å². The average Bonchev–Trinajstić information content (AvgIpc) is 3.12. The molecule has 1 saturated carbocycles. The van der Waals surface area contributed by atoms with E-state index in [-0.39, 0.29) is 17.8 Å². The van der Waals surface area contributed by atoms with Crippen LogP contribution in [0.3, 0.4) is 0 Å². The molecule has 2 fully saturated rings. The fourth-order valence-corrected chi connectivity index (χ4v) is 4.51. The van der Waals surface area contributed by atoms with E-state index in [1.807, 2.05) is 37.3 Å². The van der Waals surface area contributed by atoms with Crippen LogP contribution in [0.25, 0.3) is 0 Å². The van der Waals surface area contributed by atoms with E-state index in [0.29, 0.717) is 17.7 Å². The molecule has 148 valence electrons. The van der Waals surface area contributed by atoms with Crippen molar-refractivity contribution in [2.45, 2.75) is 50.6 Å². The SMILES string of the molecule is COc1ccc(C)cc1NC(=O)[C@@H]1CCCN1C1CC(c2ccc(F)cc2)C1. The van der Waals surface area contributed by atoms with Gasteiger partial charge in [0, 0.05) is 6.04 Å². The number of hydrogen-bond acceptors (Lipinski definition) is 3. The number of benzene rings is 2. The zero-order chi connectivity index (χ0) is 19.7. The van der Waals surface area contributed by atoms with Crippen LogP contribution in [0.5, 0.6) is 5.75 Å². The highest BCUT2D eigenvalue weighted by Crippen LogP contribution is 2.42. The third-order valence-electron chi connectivity index (χ3n) is 6.13. The predicted octanol–water partition coefficient (Wildman–Crippen LogP) is 4.49. The second-order valence-electron chi connectivity index (χ2n) is 7.96.